The molecular weight excluding hydrogens is 252 g/mol. The van der Waals surface area contributed by atoms with Crippen molar-refractivity contribution in [2.75, 3.05) is 5.32 Å². The lowest BCUT2D eigenvalue weighted by Crippen LogP contribution is -2.25. The van der Waals surface area contributed by atoms with Gasteiger partial charge >= 0.3 is 0 Å². The number of pyridine rings is 1. The van der Waals surface area contributed by atoms with Crippen LogP contribution in [-0.2, 0) is 6.42 Å². The van der Waals surface area contributed by atoms with Crippen LogP contribution in [0.1, 0.15) is 34.0 Å². The second-order valence-corrected chi connectivity index (χ2v) is 4.78. The summed E-state index contributed by atoms with van der Waals surface area (Å²) >= 11 is 0. The van der Waals surface area contributed by atoms with Crippen molar-refractivity contribution < 1.29 is 4.79 Å². The van der Waals surface area contributed by atoms with E-state index in [0.717, 1.165) is 23.2 Å². The van der Waals surface area contributed by atoms with Crippen molar-refractivity contribution in [3.63, 3.8) is 0 Å². The quantitative estimate of drug-likeness (QED) is 0.900. The third kappa shape index (κ3) is 2.64. The zero-order chi connectivity index (χ0) is 14.7. The lowest BCUT2D eigenvalue weighted by molar-refractivity contribution is 0.102. The van der Waals surface area contributed by atoms with Crippen LogP contribution in [0, 0.1) is 13.8 Å². The van der Waals surface area contributed by atoms with E-state index in [4.69, 9.17) is 0 Å². The van der Waals surface area contributed by atoms with E-state index in [1.807, 2.05) is 32.0 Å². The number of benzene rings is 1. The zero-order valence-corrected chi connectivity index (χ0v) is 11.9. The van der Waals surface area contributed by atoms with Crippen molar-refractivity contribution in [3.05, 3.63) is 63.1 Å². The van der Waals surface area contributed by atoms with Crippen LogP contribution < -0.4 is 10.9 Å². The molecule has 0 fully saturated rings. The monoisotopic (exact) mass is 270 g/mol. The van der Waals surface area contributed by atoms with E-state index in [-0.39, 0.29) is 17.0 Å². The second kappa shape index (κ2) is 5.74. The molecule has 2 aromatic rings. The smallest absolute Gasteiger partial charge is 0.261 e. The van der Waals surface area contributed by atoms with Crippen molar-refractivity contribution >= 4 is 11.6 Å². The highest BCUT2D eigenvalue weighted by molar-refractivity contribution is 6.05. The number of aromatic amines is 1. The second-order valence-electron chi connectivity index (χ2n) is 4.78. The van der Waals surface area contributed by atoms with Gasteiger partial charge in [-0.05, 0) is 43.0 Å². The normalized spacial score (nSPS) is 10.3. The molecule has 0 atom stereocenters. The maximum atomic E-state index is 12.3. The van der Waals surface area contributed by atoms with Gasteiger partial charge in [0.25, 0.3) is 11.5 Å². The van der Waals surface area contributed by atoms with Crippen LogP contribution in [0.25, 0.3) is 0 Å². The van der Waals surface area contributed by atoms with E-state index in [9.17, 15) is 9.59 Å². The molecule has 0 aliphatic heterocycles. The number of carbonyl (C=O) groups excluding carboxylic acids is 1. The standard InChI is InChI=1S/C16H18N2O2/c1-4-12-7-5-6-11(3)14(12)18-16(20)13-10(2)8-9-17-15(13)19/h5-9H,4H2,1-3H3,(H,17,19)(H,18,20). The van der Waals surface area contributed by atoms with Crippen molar-refractivity contribution in [1.29, 1.82) is 0 Å². The van der Waals surface area contributed by atoms with Gasteiger partial charge in [0.2, 0.25) is 0 Å². The molecule has 4 heteroatoms. The minimum absolute atomic E-state index is 0.165. The Bertz CT molecular complexity index is 702. The molecule has 1 heterocycles. The van der Waals surface area contributed by atoms with Crippen LogP contribution in [0.15, 0.2) is 35.3 Å². The van der Waals surface area contributed by atoms with Gasteiger partial charge in [-0.15, -0.1) is 0 Å². The van der Waals surface area contributed by atoms with Crippen LogP contribution >= 0.6 is 0 Å². The predicted octanol–water partition coefficient (Wildman–Crippen LogP) is 2.81. The molecule has 0 radical (unpaired) electrons. The fourth-order valence-electron chi connectivity index (χ4n) is 2.24. The summed E-state index contributed by atoms with van der Waals surface area (Å²) in [7, 11) is 0. The third-order valence-electron chi connectivity index (χ3n) is 3.37. The Morgan fingerprint density at radius 1 is 1.20 bits per heavy atom. The number of hydrogen-bond acceptors (Lipinski definition) is 2. The molecule has 1 amide bonds. The number of amides is 1. The third-order valence-corrected chi connectivity index (χ3v) is 3.37. The van der Waals surface area contributed by atoms with E-state index in [2.05, 4.69) is 10.3 Å². The van der Waals surface area contributed by atoms with Gasteiger partial charge < -0.3 is 10.3 Å². The fraction of sp³-hybridized carbons (Fsp3) is 0.250. The Kier molecular flexibility index (Phi) is 4.03. The Labute approximate surface area is 117 Å². The molecule has 1 aromatic heterocycles. The SMILES string of the molecule is CCc1cccc(C)c1NC(=O)c1c(C)cc[nH]c1=O. The van der Waals surface area contributed by atoms with E-state index in [1.165, 1.54) is 0 Å². The number of aromatic nitrogens is 1. The van der Waals surface area contributed by atoms with Crippen LogP contribution in [0.3, 0.4) is 0 Å². The highest BCUT2D eigenvalue weighted by atomic mass is 16.2. The number of hydrogen-bond donors (Lipinski definition) is 2. The number of nitrogens with one attached hydrogen (secondary N) is 2. The lowest BCUT2D eigenvalue weighted by Gasteiger charge is -2.13. The molecule has 0 unspecified atom stereocenters. The first-order valence-electron chi connectivity index (χ1n) is 6.62. The Balaban J connectivity index is 2.41. The van der Waals surface area contributed by atoms with Crippen molar-refractivity contribution in [1.82, 2.24) is 4.98 Å². The van der Waals surface area contributed by atoms with Crippen LogP contribution in [-0.4, -0.2) is 10.9 Å². The number of carbonyl (C=O) groups is 1. The van der Waals surface area contributed by atoms with E-state index < -0.39 is 0 Å². The molecule has 1 aromatic carbocycles. The Hall–Kier alpha value is -2.36. The summed E-state index contributed by atoms with van der Waals surface area (Å²) in [5, 5.41) is 2.87. The molecular formula is C16H18N2O2. The number of H-pyrrole nitrogens is 1. The molecule has 0 aliphatic carbocycles. The minimum Gasteiger partial charge on any atom is -0.328 e. The van der Waals surface area contributed by atoms with Gasteiger partial charge in [-0.1, -0.05) is 25.1 Å². The summed E-state index contributed by atoms with van der Waals surface area (Å²) in [6.45, 7) is 5.73. The first-order chi connectivity index (χ1) is 9.54. The van der Waals surface area contributed by atoms with Crippen LogP contribution in [0.4, 0.5) is 5.69 Å². The number of aryl methyl sites for hydroxylation is 3. The molecule has 0 bridgehead atoms. The molecule has 0 saturated heterocycles. The predicted molar refractivity (Wildman–Crippen MR) is 80.3 cm³/mol. The highest BCUT2D eigenvalue weighted by Crippen LogP contribution is 2.21. The van der Waals surface area contributed by atoms with Gasteiger partial charge in [-0.25, -0.2) is 0 Å². The van der Waals surface area contributed by atoms with Crippen LogP contribution in [0.2, 0.25) is 0 Å². The molecule has 20 heavy (non-hydrogen) atoms. The van der Waals surface area contributed by atoms with Gasteiger partial charge in [0.05, 0.1) is 0 Å². The summed E-state index contributed by atoms with van der Waals surface area (Å²) in [4.78, 5) is 26.7. The van der Waals surface area contributed by atoms with Gasteiger partial charge in [0.1, 0.15) is 5.56 Å². The molecule has 2 N–H and O–H groups in total. The minimum atomic E-state index is -0.367. The average Bonchev–Trinajstić information content (AvgIpc) is 2.41. The summed E-state index contributed by atoms with van der Waals surface area (Å²) < 4.78 is 0. The molecule has 0 saturated carbocycles. The lowest BCUT2D eigenvalue weighted by atomic mass is 10.0. The number of anilines is 1. The summed E-state index contributed by atoms with van der Waals surface area (Å²) in [5.74, 6) is -0.367. The first-order valence-corrected chi connectivity index (χ1v) is 6.62. The highest BCUT2D eigenvalue weighted by Gasteiger charge is 2.15. The molecule has 2 rings (SSSR count). The molecule has 0 spiro atoms. The van der Waals surface area contributed by atoms with Crippen LogP contribution in [0.5, 0.6) is 0 Å². The summed E-state index contributed by atoms with van der Waals surface area (Å²) in [6.07, 6.45) is 2.36. The Morgan fingerprint density at radius 3 is 2.60 bits per heavy atom. The van der Waals surface area contributed by atoms with Gasteiger partial charge in [-0.3, -0.25) is 9.59 Å². The van der Waals surface area contributed by atoms with E-state index >= 15 is 0 Å². The maximum absolute atomic E-state index is 12.3. The fourth-order valence-corrected chi connectivity index (χ4v) is 2.24. The summed E-state index contributed by atoms with van der Waals surface area (Å²) in [6, 6.07) is 7.60. The van der Waals surface area contributed by atoms with Crippen molar-refractivity contribution in [2.45, 2.75) is 27.2 Å². The topological polar surface area (TPSA) is 62.0 Å². The van der Waals surface area contributed by atoms with E-state index in [0.29, 0.717) is 5.56 Å². The average molecular weight is 270 g/mol. The maximum Gasteiger partial charge on any atom is 0.261 e. The van der Waals surface area contributed by atoms with Crippen molar-refractivity contribution in [3.8, 4) is 0 Å². The molecule has 0 aliphatic rings. The van der Waals surface area contributed by atoms with Crippen molar-refractivity contribution in [2.24, 2.45) is 0 Å². The van der Waals surface area contributed by atoms with Gasteiger partial charge in [-0.2, -0.15) is 0 Å². The largest absolute Gasteiger partial charge is 0.328 e. The van der Waals surface area contributed by atoms with Gasteiger partial charge in [0, 0.05) is 11.9 Å². The number of para-hydroxylation sites is 1. The summed E-state index contributed by atoms with van der Waals surface area (Å²) in [5.41, 5.74) is 3.30. The zero-order valence-electron chi connectivity index (χ0n) is 11.9. The van der Waals surface area contributed by atoms with E-state index in [1.54, 1.807) is 19.2 Å². The molecule has 104 valence electrons. The Morgan fingerprint density at radius 2 is 1.95 bits per heavy atom. The first kappa shape index (κ1) is 14.1. The molecule has 4 nitrogen and oxygen atoms in total. The number of rotatable bonds is 3. The van der Waals surface area contributed by atoms with Gasteiger partial charge in [0.15, 0.2) is 0 Å².